The molecule has 0 saturated heterocycles. The summed E-state index contributed by atoms with van der Waals surface area (Å²) in [5, 5.41) is 8.20. The van der Waals surface area contributed by atoms with Crippen molar-refractivity contribution in [3.8, 4) is 0 Å². The molecular formula is C27H36ClN5O2S. The first-order chi connectivity index (χ1) is 17.2. The standard InChI is InChI=1S/C27H36ClN5O2S/c1-19(36(34,35)23-14-10-21(28)11-15-23)16-17-29-18-20-8-12-22(13-9-20)30-27-31-25-7-5-4-6-24(25)26(32-27)33(2)3/h4-7,10-11,14-15,19-20,22,29H,8-9,12-13,16-18H2,1-3H3,(H,30,31,32)/t19?,20-,22+. The molecule has 2 aromatic carbocycles. The maximum Gasteiger partial charge on any atom is 0.225 e. The number of anilines is 2. The Morgan fingerprint density at radius 3 is 2.42 bits per heavy atom. The second-order valence-electron chi connectivity index (χ2n) is 9.95. The SMILES string of the molecule is CC(CCNC[C@H]1CC[C@@H](Nc2nc(N(C)C)c3ccccc3n2)CC1)S(=O)(=O)c1ccc(Cl)cc1. The van der Waals surface area contributed by atoms with Crippen LogP contribution in [0.4, 0.5) is 11.8 Å². The third kappa shape index (κ3) is 6.47. The molecule has 36 heavy (non-hydrogen) atoms. The topological polar surface area (TPSA) is 87.2 Å². The Bertz CT molecular complexity index is 1260. The minimum atomic E-state index is -3.34. The number of nitrogens with one attached hydrogen (secondary N) is 2. The summed E-state index contributed by atoms with van der Waals surface area (Å²) in [7, 11) is 0.667. The van der Waals surface area contributed by atoms with Crippen LogP contribution in [0.5, 0.6) is 0 Å². The zero-order valence-electron chi connectivity index (χ0n) is 21.2. The Morgan fingerprint density at radius 1 is 1.03 bits per heavy atom. The normalized spacial score (nSPS) is 19.2. The van der Waals surface area contributed by atoms with Gasteiger partial charge < -0.3 is 15.5 Å². The third-order valence-electron chi connectivity index (χ3n) is 7.02. The van der Waals surface area contributed by atoms with E-state index in [1.165, 1.54) is 0 Å². The average molecular weight is 530 g/mol. The monoisotopic (exact) mass is 529 g/mol. The van der Waals surface area contributed by atoms with Gasteiger partial charge in [0.05, 0.1) is 15.7 Å². The second-order valence-corrected chi connectivity index (χ2v) is 12.7. The van der Waals surface area contributed by atoms with Gasteiger partial charge in [-0.05, 0) is 94.4 Å². The fraction of sp³-hybridized carbons (Fsp3) is 0.481. The van der Waals surface area contributed by atoms with Crippen LogP contribution in [0.1, 0.15) is 39.0 Å². The van der Waals surface area contributed by atoms with E-state index in [9.17, 15) is 8.42 Å². The quantitative estimate of drug-likeness (QED) is 0.351. The number of hydrogen-bond acceptors (Lipinski definition) is 7. The van der Waals surface area contributed by atoms with Gasteiger partial charge in [-0.1, -0.05) is 23.7 Å². The van der Waals surface area contributed by atoms with Crippen LogP contribution in [0, 0.1) is 5.92 Å². The lowest BCUT2D eigenvalue weighted by Crippen LogP contribution is -2.33. The number of benzene rings is 2. The molecule has 1 fully saturated rings. The Labute approximate surface area is 219 Å². The van der Waals surface area contributed by atoms with E-state index in [1.54, 1.807) is 31.2 Å². The molecule has 0 spiro atoms. The lowest BCUT2D eigenvalue weighted by Gasteiger charge is -2.29. The number of para-hydroxylation sites is 1. The van der Waals surface area contributed by atoms with Crippen molar-refractivity contribution in [2.24, 2.45) is 5.92 Å². The van der Waals surface area contributed by atoms with Crippen molar-refractivity contribution < 1.29 is 8.42 Å². The van der Waals surface area contributed by atoms with Crippen molar-refractivity contribution >= 4 is 44.1 Å². The molecule has 1 heterocycles. The van der Waals surface area contributed by atoms with Gasteiger partial charge in [0.2, 0.25) is 5.95 Å². The molecule has 0 amide bonds. The molecule has 0 aliphatic heterocycles. The lowest BCUT2D eigenvalue weighted by atomic mass is 9.86. The third-order valence-corrected chi connectivity index (χ3v) is 9.50. The van der Waals surface area contributed by atoms with Crippen molar-refractivity contribution in [1.29, 1.82) is 0 Å². The molecule has 9 heteroatoms. The lowest BCUT2D eigenvalue weighted by molar-refractivity contribution is 0.324. The van der Waals surface area contributed by atoms with Crippen molar-refractivity contribution in [3.05, 3.63) is 53.6 Å². The molecule has 0 bridgehead atoms. The Balaban J connectivity index is 1.22. The van der Waals surface area contributed by atoms with Gasteiger partial charge in [-0.2, -0.15) is 4.98 Å². The van der Waals surface area contributed by atoms with Crippen molar-refractivity contribution in [1.82, 2.24) is 15.3 Å². The zero-order valence-corrected chi connectivity index (χ0v) is 22.8. The van der Waals surface area contributed by atoms with E-state index in [2.05, 4.69) is 16.7 Å². The molecule has 3 aromatic rings. The molecule has 4 rings (SSSR count). The van der Waals surface area contributed by atoms with Crippen LogP contribution in [0.2, 0.25) is 5.02 Å². The number of nitrogens with zero attached hydrogens (tertiary/aromatic N) is 3. The highest BCUT2D eigenvalue weighted by molar-refractivity contribution is 7.92. The Hall–Kier alpha value is -2.42. The van der Waals surface area contributed by atoms with Gasteiger partial charge in [-0.25, -0.2) is 13.4 Å². The summed E-state index contributed by atoms with van der Waals surface area (Å²) in [6.45, 7) is 3.38. The zero-order chi connectivity index (χ0) is 25.7. The summed E-state index contributed by atoms with van der Waals surface area (Å²) < 4.78 is 25.5. The predicted molar refractivity (Wildman–Crippen MR) is 149 cm³/mol. The highest BCUT2D eigenvalue weighted by atomic mass is 35.5. The number of hydrogen-bond donors (Lipinski definition) is 2. The summed E-state index contributed by atoms with van der Waals surface area (Å²) in [5.41, 5.74) is 0.948. The summed E-state index contributed by atoms with van der Waals surface area (Å²) in [5.74, 6) is 2.21. The van der Waals surface area contributed by atoms with E-state index in [0.717, 1.165) is 48.9 Å². The van der Waals surface area contributed by atoms with Crippen LogP contribution >= 0.6 is 11.6 Å². The van der Waals surface area contributed by atoms with Gasteiger partial charge in [0.15, 0.2) is 9.84 Å². The van der Waals surface area contributed by atoms with Crippen LogP contribution < -0.4 is 15.5 Å². The molecule has 0 radical (unpaired) electrons. The maximum absolute atomic E-state index is 12.8. The number of rotatable bonds is 10. The van der Waals surface area contributed by atoms with Gasteiger partial charge >= 0.3 is 0 Å². The van der Waals surface area contributed by atoms with Gasteiger partial charge in [0.25, 0.3) is 0 Å². The van der Waals surface area contributed by atoms with E-state index in [0.29, 0.717) is 40.8 Å². The van der Waals surface area contributed by atoms with Gasteiger partial charge in [0.1, 0.15) is 5.82 Å². The van der Waals surface area contributed by atoms with E-state index in [4.69, 9.17) is 21.6 Å². The van der Waals surface area contributed by atoms with E-state index < -0.39 is 15.1 Å². The molecule has 7 nitrogen and oxygen atoms in total. The summed E-state index contributed by atoms with van der Waals surface area (Å²) >= 11 is 5.89. The fourth-order valence-corrected chi connectivity index (χ4v) is 6.32. The molecule has 1 unspecified atom stereocenters. The van der Waals surface area contributed by atoms with Crippen LogP contribution in [0.25, 0.3) is 10.9 Å². The number of fused-ring (bicyclic) bond motifs is 1. The average Bonchev–Trinajstić information content (AvgIpc) is 2.87. The molecule has 2 N–H and O–H groups in total. The van der Waals surface area contributed by atoms with Crippen LogP contribution in [0.15, 0.2) is 53.4 Å². The smallest absolute Gasteiger partial charge is 0.225 e. The van der Waals surface area contributed by atoms with E-state index >= 15 is 0 Å². The summed E-state index contributed by atoms with van der Waals surface area (Å²) in [6.07, 6.45) is 4.96. The molecule has 1 saturated carbocycles. The van der Waals surface area contributed by atoms with Crippen LogP contribution in [0.3, 0.4) is 0 Å². The molecular weight excluding hydrogens is 494 g/mol. The minimum Gasteiger partial charge on any atom is -0.362 e. The number of sulfone groups is 1. The minimum absolute atomic E-state index is 0.332. The first kappa shape index (κ1) is 26.6. The molecule has 1 atom stereocenters. The molecule has 194 valence electrons. The van der Waals surface area contributed by atoms with E-state index in [-0.39, 0.29) is 0 Å². The van der Waals surface area contributed by atoms with Crippen molar-refractivity contribution in [3.63, 3.8) is 0 Å². The van der Waals surface area contributed by atoms with Crippen LogP contribution in [-0.2, 0) is 9.84 Å². The number of halogens is 1. The van der Waals surface area contributed by atoms with E-state index in [1.807, 2.05) is 37.2 Å². The molecule has 1 aromatic heterocycles. The second kappa shape index (κ2) is 11.8. The first-order valence-corrected chi connectivity index (χ1v) is 14.6. The first-order valence-electron chi connectivity index (χ1n) is 12.6. The summed E-state index contributed by atoms with van der Waals surface area (Å²) in [4.78, 5) is 11.9. The highest BCUT2D eigenvalue weighted by Crippen LogP contribution is 2.28. The fourth-order valence-electron chi connectivity index (χ4n) is 4.78. The van der Waals surface area contributed by atoms with Crippen molar-refractivity contribution in [2.75, 3.05) is 37.4 Å². The highest BCUT2D eigenvalue weighted by Gasteiger charge is 2.24. The van der Waals surface area contributed by atoms with Gasteiger partial charge in [-0.15, -0.1) is 0 Å². The van der Waals surface area contributed by atoms with Gasteiger partial charge in [0, 0.05) is 30.5 Å². The Kier molecular flexibility index (Phi) is 8.70. The largest absolute Gasteiger partial charge is 0.362 e. The predicted octanol–water partition coefficient (Wildman–Crippen LogP) is 5.16. The number of aromatic nitrogens is 2. The Morgan fingerprint density at radius 2 is 1.72 bits per heavy atom. The molecule has 1 aliphatic rings. The van der Waals surface area contributed by atoms with Gasteiger partial charge in [-0.3, -0.25) is 0 Å². The van der Waals surface area contributed by atoms with Crippen molar-refractivity contribution in [2.45, 2.75) is 55.2 Å². The summed E-state index contributed by atoms with van der Waals surface area (Å²) in [6, 6.07) is 14.9. The van der Waals surface area contributed by atoms with Crippen LogP contribution in [-0.4, -0.2) is 56.9 Å². The molecule has 1 aliphatic carbocycles. The maximum atomic E-state index is 12.8.